The summed E-state index contributed by atoms with van der Waals surface area (Å²) in [6.07, 6.45) is 5.26. The number of fused-ring (bicyclic) bond motifs is 1. The van der Waals surface area contributed by atoms with E-state index in [-0.39, 0.29) is 16.7 Å². The van der Waals surface area contributed by atoms with Crippen LogP contribution in [0.25, 0.3) is 0 Å². The Kier molecular flexibility index (Phi) is 5.13. The topological polar surface area (TPSA) is 78.8 Å². The molecule has 1 saturated carbocycles. The molecule has 1 aliphatic carbocycles. The van der Waals surface area contributed by atoms with Gasteiger partial charge in [-0.15, -0.1) is 4.40 Å². The lowest BCUT2D eigenvalue weighted by atomic mass is 10.2. The maximum absolute atomic E-state index is 12.6. The lowest BCUT2D eigenvalue weighted by Crippen LogP contribution is -2.36. The first-order valence-corrected chi connectivity index (χ1v) is 10.5. The molecule has 1 aromatic rings. The van der Waals surface area contributed by atoms with E-state index in [4.69, 9.17) is 0 Å². The highest BCUT2D eigenvalue weighted by atomic mass is 32.2. The van der Waals surface area contributed by atoms with E-state index in [1.807, 2.05) is 11.8 Å². The van der Waals surface area contributed by atoms with Gasteiger partial charge in [0.25, 0.3) is 10.0 Å². The smallest absolute Gasteiger partial charge is 0.286 e. The van der Waals surface area contributed by atoms with Crippen molar-refractivity contribution in [2.45, 2.75) is 57.3 Å². The Morgan fingerprint density at radius 1 is 1.28 bits per heavy atom. The van der Waals surface area contributed by atoms with Gasteiger partial charge in [0.1, 0.15) is 10.7 Å². The molecule has 1 aromatic carbocycles. The van der Waals surface area contributed by atoms with Crippen molar-refractivity contribution in [1.82, 2.24) is 0 Å². The standard InChI is InChI=1S/C18H25N3O3S/c1-3-5-11-21-15-10-9-14(19-18(22)13-7-8-13)12-16(15)25(23,24)20-17(21)6-4-2/h9-10,12-13H,3-8,11H2,1-2H3,(H,19,22). The molecule has 0 aromatic heterocycles. The van der Waals surface area contributed by atoms with Crippen LogP contribution < -0.4 is 10.2 Å². The fourth-order valence-corrected chi connectivity index (χ4v) is 4.24. The molecule has 1 heterocycles. The van der Waals surface area contributed by atoms with E-state index in [1.165, 1.54) is 6.07 Å². The number of rotatable bonds is 7. The van der Waals surface area contributed by atoms with Gasteiger partial charge in [0.2, 0.25) is 5.91 Å². The highest BCUT2D eigenvalue weighted by molar-refractivity contribution is 7.90. The number of nitrogens with one attached hydrogen (secondary N) is 1. The molecule has 0 spiro atoms. The number of carbonyl (C=O) groups excluding carboxylic acids is 1. The fraction of sp³-hybridized carbons (Fsp3) is 0.556. The largest absolute Gasteiger partial charge is 0.328 e. The Hall–Kier alpha value is -1.89. The van der Waals surface area contributed by atoms with Crippen molar-refractivity contribution in [3.8, 4) is 0 Å². The number of anilines is 2. The van der Waals surface area contributed by atoms with Crippen LogP contribution in [0.4, 0.5) is 11.4 Å². The predicted molar refractivity (Wildman–Crippen MR) is 99.6 cm³/mol. The second-order valence-corrected chi connectivity index (χ2v) is 8.26. The zero-order chi connectivity index (χ0) is 18.0. The van der Waals surface area contributed by atoms with E-state index in [0.717, 1.165) is 38.6 Å². The molecule has 1 fully saturated rings. The minimum Gasteiger partial charge on any atom is -0.328 e. The Balaban J connectivity index is 1.96. The minimum atomic E-state index is -3.74. The number of carbonyl (C=O) groups is 1. The number of unbranched alkanes of at least 4 members (excludes halogenated alkanes) is 1. The van der Waals surface area contributed by atoms with Crippen molar-refractivity contribution in [3.05, 3.63) is 18.2 Å². The highest BCUT2D eigenvalue weighted by Gasteiger charge is 2.32. The number of amidine groups is 1. The second kappa shape index (κ2) is 7.15. The lowest BCUT2D eigenvalue weighted by Gasteiger charge is -2.31. The molecule has 25 heavy (non-hydrogen) atoms. The van der Waals surface area contributed by atoms with Gasteiger partial charge >= 0.3 is 0 Å². The maximum atomic E-state index is 12.6. The molecule has 0 bridgehead atoms. The Bertz CT molecular complexity index is 798. The molecular weight excluding hydrogens is 338 g/mol. The van der Waals surface area contributed by atoms with Crippen molar-refractivity contribution in [3.63, 3.8) is 0 Å². The first-order chi connectivity index (χ1) is 12.0. The Morgan fingerprint density at radius 2 is 2.04 bits per heavy atom. The third kappa shape index (κ3) is 3.86. The number of hydrogen-bond donors (Lipinski definition) is 1. The van der Waals surface area contributed by atoms with Crippen molar-refractivity contribution in [2.24, 2.45) is 10.3 Å². The number of hydrogen-bond acceptors (Lipinski definition) is 4. The van der Waals surface area contributed by atoms with Gasteiger partial charge in [0.15, 0.2) is 0 Å². The van der Waals surface area contributed by atoms with Crippen LogP contribution >= 0.6 is 0 Å². The molecule has 2 aliphatic rings. The van der Waals surface area contributed by atoms with Crippen LogP contribution in [0.3, 0.4) is 0 Å². The van der Waals surface area contributed by atoms with Gasteiger partial charge in [-0.3, -0.25) is 4.79 Å². The summed E-state index contributed by atoms with van der Waals surface area (Å²) in [7, 11) is -3.74. The van der Waals surface area contributed by atoms with Gasteiger partial charge in [-0.2, -0.15) is 8.42 Å². The van der Waals surface area contributed by atoms with Gasteiger partial charge in [-0.25, -0.2) is 0 Å². The van der Waals surface area contributed by atoms with Gasteiger partial charge in [0, 0.05) is 24.6 Å². The lowest BCUT2D eigenvalue weighted by molar-refractivity contribution is -0.117. The summed E-state index contributed by atoms with van der Waals surface area (Å²) in [5.74, 6) is 0.646. The van der Waals surface area contributed by atoms with Crippen LogP contribution in [0.15, 0.2) is 27.5 Å². The molecule has 0 atom stereocenters. The molecule has 0 saturated heterocycles. The predicted octanol–water partition coefficient (Wildman–Crippen LogP) is 3.54. The molecule has 1 amide bonds. The van der Waals surface area contributed by atoms with Crippen LogP contribution in [0.2, 0.25) is 0 Å². The van der Waals surface area contributed by atoms with E-state index in [9.17, 15) is 13.2 Å². The summed E-state index contributed by atoms with van der Waals surface area (Å²) in [6.45, 7) is 4.86. The van der Waals surface area contributed by atoms with Crippen molar-refractivity contribution in [1.29, 1.82) is 0 Å². The van der Waals surface area contributed by atoms with Gasteiger partial charge in [-0.1, -0.05) is 20.3 Å². The Morgan fingerprint density at radius 3 is 2.68 bits per heavy atom. The monoisotopic (exact) mass is 363 g/mol. The highest BCUT2D eigenvalue weighted by Crippen LogP contribution is 2.36. The van der Waals surface area contributed by atoms with Crippen molar-refractivity contribution >= 4 is 33.1 Å². The summed E-state index contributed by atoms with van der Waals surface area (Å²) in [5.41, 5.74) is 1.18. The SMILES string of the molecule is CCCCN1C(CCC)=NS(=O)(=O)c2cc(NC(=O)C3CC3)ccc21. The van der Waals surface area contributed by atoms with Crippen molar-refractivity contribution < 1.29 is 13.2 Å². The molecule has 6 nitrogen and oxygen atoms in total. The van der Waals surface area contributed by atoms with Crippen LogP contribution in [0.1, 0.15) is 52.4 Å². The Labute approximate surface area is 149 Å². The number of sulfonamides is 1. The normalized spacial score (nSPS) is 18.5. The van der Waals surface area contributed by atoms with E-state index >= 15 is 0 Å². The zero-order valence-electron chi connectivity index (χ0n) is 14.8. The molecule has 136 valence electrons. The van der Waals surface area contributed by atoms with Gasteiger partial charge in [-0.05, 0) is 43.9 Å². The van der Waals surface area contributed by atoms with E-state index in [0.29, 0.717) is 23.6 Å². The number of benzene rings is 1. The molecule has 7 heteroatoms. The van der Waals surface area contributed by atoms with Crippen LogP contribution in [0.5, 0.6) is 0 Å². The van der Waals surface area contributed by atoms with Crippen LogP contribution in [0, 0.1) is 5.92 Å². The molecular formula is C18H25N3O3S. The van der Waals surface area contributed by atoms with Crippen molar-refractivity contribution in [2.75, 3.05) is 16.8 Å². The fourth-order valence-electron chi connectivity index (χ4n) is 2.96. The first-order valence-electron chi connectivity index (χ1n) is 9.02. The number of amides is 1. The number of nitrogens with zero attached hydrogens (tertiary/aromatic N) is 2. The van der Waals surface area contributed by atoms with E-state index in [2.05, 4.69) is 16.6 Å². The first kappa shape index (κ1) is 17.9. The average molecular weight is 363 g/mol. The molecule has 0 unspecified atom stereocenters. The average Bonchev–Trinajstić information content (AvgIpc) is 3.40. The quantitative estimate of drug-likeness (QED) is 0.803. The summed E-state index contributed by atoms with van der Waals surface area (Å²) in [5, 5.41) is 2.82. The third-order valence-corrected chi connectivity index (χ3v) is 5.82. The summed E-state index contributed by atoms with van der Waals surface area (Å²) in [6, 6.07) is 5.11. The molecule has 0 radical (unpaired) electrons. The van der Waals surface area contributed by atoms with E-state index in [1.54, 1.807) is 12.1 Å². The molecule has 3 rings (SSSR count). The van der Waals surface area contributed by atoms with Crippen LogP contribution in [-0.4, -0.2) is 26.7 Å². The third-order valence-electron chi connectivity index (χ3n) is 4.49. The molecule has 1 N–H and O–H groups in total. The van der Waals surface area contributed by atoms with Crippen LogP contribution in [-0.2, 0) is 14.8 Å². The summed E-state index contributed by atoms with van der Waals surface area (Å²) >= 11 is 0. The van der Waals surface area contributed by atoms with Gasteiger partial charge < -0.3 is 10.2 Å². The molecule has 1 aliphatic heterocycles. The summed E-state index contributed by atoms with van der Waals surface area (Å²) in [4.78, 5) is 14.1. The maximum Gasteiger partial charge on any atom is 0.286 e. The minimum absolute atomic E-state index is 0.0360. The summed E-state index contributed by atoms with van der Waals surface area (Å²) < 4.78 is 29.3. The van der Waals surface area contributed by atoms with E-state index < -0.39 is 10.0 Å². The van der Waals surface area contributed by atoms with Gasteiger partial charge in [0.05, 0.1) is 5.69 Å². The second-order valence-electron chi connectivity index (χ2n) is 6.68. The zero-order valence-corrected chi connectivity index (χ0v) is 15.6.